The van der Waals surface area contributed by atoms with E-state index in [0.717, 1.165) is 24.0 Å². The van der Waals surface area contributed by atoms with Crippen molar-refractivity contribution in [1.82, 2.24) is 4.98 Å². The van der Waals surface area contributed by atoms with Crippen LogP contribution in [0, 0.1) is 0 Å². The van der Waals surface area contributed by atoms with Crippen molar-refractivity contribution >= 4 is 17.5 Å². The van der Waals surface area contributed by atoms with Gasteiger partial charge in [0, 0.05) is 13.3 Å². The number of aromatic nitrogens is 1. The van der Waals surface area contributed by atoms with Crippen LogP contribution in [-0.2, 0) is 15.7 Å². The summed E-state index contributed by atoms with van der Waals surface area (Å²) in [7, 11) is 1.40. The lowest BCUT2D eigenvalue weighted by Gasteiger charge is -2.06. The van der Waals surface area contributed by atoms with Gasteiger partial charge in [0.2, 0.25) is 0 Å². The second kappa shape index (κ2) is 6.02. The van der Waals surface area contributed by atoms with Gasteiger partial charge in [-0.15, -0.1) is 0 Å². The number of methoxy groups -OCH3 is 1. The summed E-state index contributed by atoms with van der Waals surface area (Å²) in [4.78, 5) is 14.7. The summed E-state index contributed by atoms with van der Waals surface area (Å²) in [5.74, 6) is -0.00848. The molecule has 3 nitrogen and oxygen atoms in total. The molecule has 1 aromatic rings. The van der Waals surface area contributed by atoms with E-state index in [1.807, 2.05) is 0 Å². The lowest BCUT2D eigenvalue weighted by Crippen LogP contribution is -2.09. The predicted molar refractivity (Wildman–Crippen MR) is 56.8 cm³/mol. The minimum atomic E-state index is -4.39. The fourth-order valence-electron chi connectivity index (χ4n) is 0.990. The Labute approximate surface area is 100 Å². The van der Waals surface area contributed by atoms with E-state index in [4.69, 9.17) is 0 Å². The van der Waals surface area contributed by atoms with Gasteiger partial charge in [-0.2, -0.15) is 13.2 Å². The van der Waals surface area contributed by atoms with Gasteiger partial charge < -0.3 is 4.74 Å². The fraction of sp³-hybridized carbons (Fsp3) is 0.400. The maximum absolute atomic E-state index is 12.2. The summed E-state index contributed by atoms with van der Waals surface area (Å²) in [5.41, 5.74) is -0.801. The molecular weight excluding hydrogens is 255 g/mol. The van der Waals surface area contributed by atoms with E-state index < -0.39 is 11.7 Å². The molecule has 0 N–H and O–H groups in total. The lowest BCUT2D eigenvalue weighted by atomic mass is 10.3. The molecule has 0 saturated heterocycles. The van der Waals surface area contributed by atoms with E-state index in [0.29, 0.717) is 5.03 Å². The Morgan fingerprint density at radius 3 is 2.65 bits per heavy atom. The molecule has 0 aliphatic heterocycles. The molecule has 94 valence electrons. The first-order valence-electron chi connectivity index (χ1n) is 4.60. The summed E-state index contributed by atoms with van der Waals surface area (Å²) < 4.78 is 41.3. The number of alkyl halides is 3. The maximum atomic E-state index is 12.2. The highest BCUT2D eigenvalue weighted by Crippen LogP contribution is 2.29. The molecule has 0 aliphatic carbocycles. The maximum Gasteiger partial charge on any atom is 0.417 e. The monoisotopic (exact) mass is 265 g/mol. The standard InChI is InChI=1S/C10H10F3NO2S/c1-16-5-8(15)6-17-9-3-2-7(4-14-9)10(11,12)13/h2-4H,5-6H2,1H3. The summed E-state index contributed by atoms with van der Waals surface area (Å²) in [6, 6.07) is 2.18. The van der Waals surface area contributed by atoms with E-state index in [9.17, 15) is 18.0 Å². The molecule has 0 aliphatic rings. The highest BCUT2D eigenvalue weighted by Gasteiger charge is 2.30. The Hall–Kier alpha value is -1.08. The van der Waals surface area contributed by atoms with Crippen LogP contribution in [0.3, 0.4) is 0 Å². The van der Waals surface area contributed by atoms with Crippen molar-refractivity contribution in [3.05, 3.63) is 23.9 Å². The fourth-order valence-corrected chi connectivity index (χ4v) is 1.67. The van der Waals surface area contributed by atoms with E-state index in [1.165, 1.54) is 13.2 Å². The van der Waals surface area contributed by atoms with Crippen molar-refractivity contribution in [3.63, 3.8) is 0 Å². The van der Waals surface area contributed by atoms with Gasteiger partial charge in [-0.3, -0.25) is 4.79 Å². The molecule has 1 heterocycles. The van der Waals surface area contributed by atoms with Crippen LogP contribution in [0.2, 0.25) is 0 Å². The third kappa shape index (κ3) is 4.74. The van der Waals surface area contributed by atoms with Crippen LogP contribution in [0.4, 0.5) is 13.2 Å². The molecule has 1 aromatic heterocycles. The van der Waals surface area contributed by atoms with Gasteiger partial charge in [-0.25, -0.2) is 4.98 Å². The third-order valence-corrected chi connectivity index (χ3v) is 2.75. The molecule has 0 unspecified atom stereocenters. The van der Waals surface area contributed by atoms with E-state index in [1.54, 1.807) is 0 Å². The minimum Gasteiger partial charge on any atom is -0.377 e. The number of ether oxygens (including phenoxy) is 1. The van der Waals surface area contributed by atoms with Crippen molar-refractivity contribution in [3.8, 4) is 0 Å². The molecule has 0 bridgehead atoms. The molecule has 0 fully saturated rings. The molecule has 1 rings (SSSR count). The van der Waals surface area contributed by atoms with Gasteiger partial charge in [-0.1, -0.05) is 11.8 Å². The molecule has 7 heteroatoms. The number of ketones is 1. The Bertz CT molecular complexity index is 378. The van der Waals surface area contributed by atoms with E-state index >= 15 is 0 Å². The molecule has 0 radical (unpaired) electrons. The van der Waals surface area contributed by atoms with Crippen LogP contribution >= 0.6 is 11.8 Å². The lowest BCUT2D eigenvalue weighted by molar-refractivity contribution is -0.137. The number of pyridine rings is 1. The quantitative estimate of drug-likeness (QED) is 0.766. The number of halogens is 3. The highest BCUT2D eigenvalue weighted by atomic mass is 32.2. The summed E-state index contributed by atoms with van der Waals surface area (Å²) >= 11 is 1.08. The third-order valence-electron chi connectivity index (χ3n) is 1.75. The number of thioether (sulfide) groups is 1. The molecular formula is C10H10F3NO2S. The largest absolute Gasteiger partial charge is 0.417 e. The summed E-state index contributed by atoms with van der Waals surface area (Å²) in [6.45, 7) is -0.00631. The van der Waals surface area contributed by atoms with Crippen LogP contribution in [0.25, 0.3) is 0 Å². The highest BCUT2D eigenvalue weighted by molar-refractivity contribution is 7.99. The second-order valence-corrected chi connectivity index (χ2v) is 4.14. The zero-order valence-corrected chi connectivity index (χ0v) is 9.77. The minimum absolute atomic E-state index is 0.00631. The van der Waals surface area contributed by atoms with Crippen LogP contribution in [0.15, 0.2) is 23.4 Å². The van der Waals surface area contributed by atoms with Crippen LogP contribution in [-0.4, -0.2) is 30.2 Å². The van der Waals surface area contributed by atoms with Crippen LogP contribution in [0.1, 0.15) is 5.56 Å². The average Bonchev–Trinajstić information content (AvgIpc) is 2.26. The molecule has 0 aromatic carbocycles. The topological polar surface area (TPSA) is 39.2 Å². The Kier molecular flexibility index (Phi) is 4.95. The van der Waals surface area contributed by atoms with Crippen molar-refractivity contribution < 1.29 is 22.7 Å². The van der Waals surface area contributed by atoms with Crippen molar-refractivity contribution in [2.24, 2.45) is 0 Å². The van der Waals surface area contributed by atoms with E-state index in [2.05, 4.69) is 9.72 Å². The Morgan fingerprint density at radius 1 is 1.47 bits per heavy atom. The number of Topliss-reactive ketones (excluding diaryl/α,β-unsaturated/α-hetero) is 1. The average molecular weight is 265 g/mol. The zero-order chi connectivity index (χ0) is 12.9. The Morgan fingerprint density at radius 2 is 2.18 bits per heavy atom. The first kappa shape index (κ1) is 14.0. The van der Waals surface area contributed by atoms with Crippen LogP contribution in [0.5, 0.6) is 0 Å². The van der Waals surface area contributed by atoms with Gasteiger partial charge in [-0.05, 0) is 12.1 Å². The first-order chi connectivity index (χ1) is 7.93. The molecule has 0 spiro atoms. The first-order valence-corrected chi connectivity index (χ1v) is 5.58. The smallest absolute Gasteiger partial charge is 0.377 e. The Balaban J connectivity index is 2.54. The number of rotatable bonds is 5. The zero-order valence-electron chi connectivity index (χ0n) is 8.95. The second-order valence-electron chi connectivity index (χ2n) is 3.14. The molecule has 0 atom stereocenters. The number of carbonyl (C=O) groups is 1. The van der Waals surface area contributed by atoms with Crippen molar-refractivity contribution in [2.45, 2.75) is 11.2 Å². The van der Waals surface area contributed by atoms with Gasteiger partial charge >= 0.3 is 6.18 Å². The van der Waals surface area contributed by atoms with Gasteiger partial charge in [0.05, 0.1) is 16.3 Å². The number of hydrogen-bond donors (Lipinski definition) is 0. The number of nitrogens with zero attached hydrogens (tertiary/aromatic N) is 1. The molecule has 0 amide bonds. The summed E-state index contributed by atoms with van der Waals surface area (Å²) in [6.07, 6.45) is -3.63. The summed E-state index contributed by atoms with van der Waals surface area (Å²) in [5, 5.41) is 0.377. The van der Waals surface area contributed by atoms with E-state index in [-0.39, 0.29) is 18.1 Å². The SMILES string of the molecule is COCC(=O)CSc1ccc(C(F)(F)F)cn1. The van der Waals surface area contributed by atoms with Gasteiger partial charge in [0.25, 0.3) is 0 Å². The predicted octanol–water partition coefficient (Wildman–Crippen LogP) is 2.41. The van der Waals surface area contributed by atoms with Gasteiger partial charge in [0.1, 0.15) is 6.61 Å². The van der Waals surface area contributed by atoms with Crippen LogP contribution < -0.4 is 0 Å². The number of hydrogen-bond acceptors (Lipinski definition) is 4. The normalized spacial score (nSPS) is 11.5. The molecule has 17 heavy (non-hydrogen) atoms. The van der Waals surface area contributed by atoms with Crippen molar-refractivity contribution in [2.75, 3.05) is 19.5 Å². The number of carbonyl (C=O) groups excluding carboxylic acids is 1. The van der Waals surface area contributed by atoms with Crippen molar-refractivity contribution in [1.29, 1.82) is 0 Å². The molecule has 0 saturated carbocycles. The van der Waals surface area contributed by atoms with Gasteiger partial charge in [0.15, 0.2) is 5.78 Å².